The number of phenols is 1. The number of likely N-dealkylation sites (tertiary alicyclic amines) is 1. The predicted molar refractivity (Wildman–Crippen MR) is 143 cm³/mol. The van der Waals surface area contributed by atoms with Crippen LogP contribution in [0, 0.1) is 31.6 Å². The fraction of sp³-hybridized carbons (Fsp3) is 0.452. The molecule has 2 amide bonds. The molecule has 1 aromatic heterocycles. The molecule has 5 rings (SSSR count). The second-order valence-electron chi connectivity index (χ2n) is 10.8. The van der Waals surface area contributed by atoms with E-state index in [1.807, 2.05) is 51.1 Å². The molecule has 0 saturated carbocycles. The minimum atomic E-state index is -0.281. The van der Waals surface area contributed by atoms with Crippen LogP contribution in [0.25, 0.3) is 11.6 Å². The summed E-state index contributed by atoms with van der Waals surface area (Å²) < 4.78 is 6.33. The molecule has 3 aliphatic rings. The third kappa shape index (κ3) is 4.63. The van der Waals surface area contributed by atoms with E-state index in [0.717, 1.165) is 47.2 Å². The predicted octanol–water partition coefficient (Wildman–Crippen LogP) is 5.47. The molecule has 0 unspecified atom stereocenters. The van der Waals surface area contributed by atoms with Gasteiger partial charge in [0.2, 0.25) is 11.8 Å². The summed E-state index contributed by atoms with van der Waals surface area (Å²) in [6.45, 7) is 8.93. The van der Waals surface area contributed by atoms with Gasteiger partial charge in [-0.05, 0) is 105 Å². The normalized spacial score (nSPS) is 25.6. The van der Waals surface area contributed by atoms with Crippen molar-refractivity contribution in [1.29, 1.82) is 0 Å². The van der Waals surface area contributed by atoms with Gasteiger partial charge in [-0.25, -0.2) is 0 Å². The molecule has 194 valence electrons. The summed E-state index contributed by atoms with van der Waals surface area (Å²) >= 11 is 0. The molecular weight excluding hydrogens is 464 g/mol. The number of nitrogens with zero attached hydrogens (tertiary/aromatic N) is 2. The van der Waals surface area contributed by atoms with E-state index in [1.165, 1.54) is 16.0 Å². The van der Waals surface area contributed by atoms with Gasteiger partial charge in [-0.1, -0.05) is 18.6 Å². The number of ether oxygens (including phenoxy) is 1. The van der Waals surface area contributed by atoms with Crippen molar-refractivity contribution in [3.63, 3.8) is 0 Å². The number of carbonyl (C=O) groups excluding carboxylic acids is 2. The Balaban J connectivity index is 1.40. The average Bonchev–Trinajstić information content (AvgIpc) is 3.41. The number of phenolic OH excluding ortho intramolecular Hbond substituents is 1. The number of hydrogen-bond donors (Lipinski definition) is 1. The number of benzene rings is 1. The van der Waals surface area contributed by atoms with Gasteiger partial charge in [-0.2, -0.15) is 0 Å². The van der Waals surface area contributed by atoms with Crippen LogP contribution in [0.1, 0.15) is 61.9 Å². The number of aromatic nitrogens is 1. The molecule has 0 spiro atoms. The van der Waals surface area contributed by atoms with Crippen molar-refractivity contribution in [1.82, 2.24) is 9.88 Å². The lowest BCUT2D eigenvalue weighted by Crippen LogP contribution is -2.34. The average molecular weight is 501 g/mol. The number of hydrogen-bond acceptors (Lipinski definition) is 5. The van der Waals surface area contributed by atoms with Crippen LogP contribution >= 0.6 is 0 Å². The van der Waals surface area contributed by atoms with Crippen molar-refractivity contribution < 1.29 is 19.4 Å². The van der Waals surface area contributed by atoms with Crippen LogP contribution in [0.3, 0.4) is 0 Å². The first-order valence-corrected chi connectivity index (χ1v) is 13.4. The molecule has 0 radical (unpaired) electrons. The van der Waals surface area contributed by atoms with Crippen LogP contribution in [0.15, 0.2) is 47.7 Å². The van der Waals surface area contributed by atoms with E-state index in [4.69, 9.17) is 4.74 Å². The first kappa shape index (κ1) is 25.4. The molecule has 0 bridgehead atoms. The van der Waals surface area contributed by atoms with Gasteiger partial charge in [0.05, 0.1) is 30.2 Å². The van der Waals surface area contributed by atoms with Crippen LogP contribution in [0.2, 0.25) is 0 Å². The van der Waals surface area contributed by atoms with E-state index in [9.17, 15) is 14.7 Å². The van der Waals surface area contributed by atoms with E-state index in [-0.39, 0.29) is 35.7 Å². The van der Waals surface area contributed by atoms with Crippen LogP contribution < -0.4 is 0 Å². The Morgan fingerprint density at radius 3 is 2.57 bits per heavy atom. The van der Waals surface area contributed by atoms with E-state index in [2.05, 4.69) is 18.0 Å². The highest BCUT2D eigenvalue weighted by atomic mass is 16.5. The summed E-state index contributed by atoms with van der Waals surface area (Å²) in [6.07, 6.45) is 6.85. The Bertz CT molecular complexity index is 1260. The van der Waals surface area contributed by atoms with Crippen molar-refractivity contribution >= 4 is 23.5 Å². The maximum Gasteiger partial charge on any atom is 0.233 e. The van der Waals surface area contributed by atoms with E-state index in [0.29, 0.717) is 25.3 Å². The molecule has 2 aliphatic heterocycles. The SMILES string of the molecule is CCCN1C(=O)[C@@H]2[C@@H](CC(C)=C3[C@@H](CC/C(=C/c4cc(C)c(O)c(C)c4)c4ccccn4)OC[C@@H]32)C1=O. The van der Waals surface area contributed by atoms with Crippen LogP contribution in [0.5, 0.6) is 5.75 Å². The summed E-state index contributed by atoms with van der Waals surface area (Å²) in [5, 5.41) is 10.2. The zero-order valence-corrected chi connectivity index (χ0v) is 22.2. The summed E-state index contributed by atoms with van der Waals surface area (Å²) in [5.41, 5.74) is 7.18. The van der Waals surface area contributed by atoms with E-state index in [1.54, 1.807) is 6.20 Å². The molecule has 1 aromatic carbocycles. The third-order valence-corrected chi connectivity index (χ3v) is 8.21. The molecule has 2 aromatic rings. The van der Waals surface area contributed by atoms with Gasteiger partial charge in [-0.3, -0.25) is 19.5 Å². The smallest absolute Gasteiger partial charge is 0.233 e. The monoisotopic (exact) mass is 500 g/mol. The Labute approximate surface area is 219 Å². The lowest BCUT2D eigenvalue weighted by molar-refractivity contribution is -0.140. The molecule has 2 fully saturated rings. The number of fused-ring (bicyclic) bond motifs is 3. The van der Waals surface area contributed by atoms with Crippen LogP contribution in [-0.4, -0.2) is 46.1 Å². The standard InChI is InChI=1S/C31H36N2O4/c1-5-12-33-30(35)23-15-18(2)27-24(28(23)31(33)36)17-37-26(27)10-9-22(25-8-6-7-11-32-25)16-21-13-19(3)29(34)20(4)14-21/h6-8,11,13-14,16,23-24,26,28,34H,5,9-10,12,15,17H2,1-4H3/b22-16-/t23-,24+,26-,28-/m1/s1. The van der Waals surface area contributed by atoms with Crippen molar-refractivity contribution in [2.75, 3.05) is 13.2 Å². The molecule has 3 heterocycles. The third-order valence-electron chi connectivity index (χ3n) is 8.21. The number of imide groups is 1. The second-order valence-corrected chi connectivity index (χ2v) is 10.8. The number of carbonyl (C=O) groups is 2. The van der Waals surface area contributed by atoms with E-state index < -0.39 is 0 Å². The minimum Gasteiger partial charge on any atom is -0.507 e. The van der Waals surface area contributed by atoms with Crippen molar-refractivity contribution in [2.45, 2.75) is 59.5 Å². The maximum atomic E-state index is 13.2. The zero-order valence-electron chi connectivity index (χ0n) is 22.2. The number of amides is 2. The lowest BCUT2D eigenvalue weighted by atomic mass is 9.70. The fourth-order valence-corrected chi connectivity index (χ4v) is 6.53. The first-order chi connectivity index (χ1) is 17.8. The van der Waals surface area contributed by atoms with Gasteiger partial charge >= 0.3 is 0 Å². The Kier molecular flexibility index (Phi) is 7.04. The summed E-state index contributed by atoms with van der Waals surface area (Å²) in [4.78, 5) is 32.3. The van der Waals surface area contributed by atoms with Gasteiger partial charge in [0.15, 0.2) is 0 Å². The Hall–Kier alpha value is -3.25. The van der Waals surface area contributed by atoms with Crippen molar-refractivity contribution in [3.05, 3.63) is 70.1 Å². The van der Waals surface area contributed by atoms with Gasteiger partial charge < -0.3 is 9.84 Å². The Morgan fingerprint density at radius 1 is 1.14 bits per heavy atom. The molecule has 6 nitrogen and oxygen atoms in total. The summed E-state index contributed by atoms with van der Waals surface area (Å²) in [6, 6.07) is 9.91. The molecule has 1 aliphatic carbocycles. The number of rotatable bonds is 7. The highest BCUT2D eigenvalue weighted by Crippen LogP contribution is 2.49. The summed E-state index contributed by atoms with van der Waals surface area (Å²) in [7, 11) is 0. The zero-order chi connectivity index (χ0) is 26.3. The van der Waals surface area contributed by atoms with Gasteiger partial charge in [0.25, 0.3) is 0 Å². The number of pyridine rings is 1. The highest BCUT2D eigenvalue weighted by Gasteiger charge is 2.56. The topological polar surface area (TPSA) is 79.7 Å². The molecule has 1 N–H and O–H groups in total. The van der Waals surface area contributed by atoms with Crippen LogP contribution in [-0.2, 0) is 14.3 Å². The quantitative estimate of drug-likeness (QED) is 0.403. The summed E-state index contributed by atoms with van der Waals surface area (Å²) in [5.74, 6) is -0.206. The molecule has 6 heteroatoms. The largest absolute Gasteiger partial charge is 0.507 e. The van der Waals surface area contributed by atoms with Crippen molar-refractivity contribution in [3.8, 4) is 5.75 Å². The highest BCUT2D eigenvalue weighted by molar-refractivity contribution is 6.05. The van der Waals surface area contributed by atoms with E-state index >= 15 is 0 Å². The Morgan fingerprint density at radius 2 is 1.89 bits per heavy atom. The fourth-order valence-electron chi connectivity index (χ4n) is 6.53. The molecule has 2 saturated heterocycles. The molecule has 37 heavy (non-hydrogen) atoms. The lowest BCUT2D eigenvalue weighted by Gasteiger charge is -2.30. The molecular formula is C31H36N2O4. The minimum absolute atomic E-state index is 0.00134. The number of aryl methyl sites for hydroxylation is 2. The number of aromatic hydroxyl groups is 1. The first-order valence-electron chi connectivity index (χ1n) is 13.4. The van der Waals surface area contributed by atoms with Crippen LogP contribution in [0.4, 0.5) is 0 Å². The molecule has 4 atom stereocenters. The number of allylic oxidation sites excluding steroid dienone is 2. The maximum absolute atomic E-state index is 13.2. The van der Waals surface area contributed by atoms with Gasteiger partial charge in [0.1, 0.15) is 5.75 Å². The van der Waals surface area contributed by atoms with Crippen molar-refractivity contribution in [2.24, 2.45) is 17.8 Å². The van der Waals surface area contributed by atoms with Gasteiger partial charge in [0, 0.05) is 18.7 Å². The van der Waals surface area contributed by atoms with Gasteiger partial charge in [-0.15, -0.1) is 0 Å². The second kappa shape index (κ2) is 10.3.